The summed E-state index contributed by atoms with van der Waals surface area (Å²) >= 11 is 0. The molecule has 0 spiro atoms. The summed E-state index contributed by atoms with van der Waals surface area (Å²) in [6.07, 6.45) is 1.72. The number of nitrogens with zero attached hydrogens (tertiary/aromatic N) is 3. The molecule has 112 valence electrons. The van der Waals surface area contributed by atoms with Crippen molar-refractivity contribution in [2.45, 2.75) is 13.8 Å². The second-order valence-corrected chi connectivity index (χ2v) is 4.99. The average Bonchev–Trinajstić information content (AvgIpc) is 2.84. The maximum absolute atomic E-state index is 13.2. The second-order valence-electron chi connectivity index (χ2n) is 4.99. The Bertz CT molecular complexity index is 827. The first-order valence-corrected chi connectivity index (χ1v) is 6.75. The van der Waals surface area contributed by atoms with Gasteiger partial charge in [-0.25, -0.2) is 13.5 Å². The lowest BCUT2D eigenvalue weighted by Gasteiger charge is -2.05. The predicted molar refractivity (Wildman–Crippen MR) is 80.5 cm³/mol. The summed E-state index contributed by atoms with van der Waals surface area (Å²) in [6, 6.07) is 9.24. The first-order chi connectivity index (χ1) is 10.5. The zero-order valence-corrected chi connectivity index (χ0v) is 12.1. The van der Waals surface area contributed by atoms with Crippen LogP contribution in [0.5, 0.6) is 0 Å². The van der Waals surface area contributed by atoms with Crippen LogP contribution >= 0.6 is 0 Å². The lowest BCUT2D eigenvalue weighted by Crippen LogP contribution is -2.00. The van der Waals surface area contributed by atoms with Crippen LogP contribution in [0.3, 0.4) is 0 Å². The molecule has 4 nitrogen and oxygen atoms in total. The fourth-order valence-corrected chi connectivity index (χ4v) is 2.18. The molecule has 6 heteroatoms. The molecule has 22 heavy (non-hydrogen) atoms. The van der Waals surface area contributed by atoms with Gasteiger partial charge in [0.25, 0.3) is 0 Å². The number of hydrogen-bond donors (Lipinski definition) is 1. The fourth-order valence-electron chi connectivity index (χ4n) is 2.18. The highest BCUT2D eigenvalue weighted by molar-refractivity contribution is 5.57. The van der Waals surface area contributed by atoms with Crippen molar-refractivity contribution in [2.75, 3.05) is 5.32 Å². The molecule has 0 aliphatic rings. The molecule has 2 heterocycles. The van der Waals surface area contributed by atoms with Crippen LogP contribution in [0.25, 0.3) is 5.69 Å². The molecule has 2 aromatic heterocycles. The number of rotatable bonds is 3. The van der Waals surface area contributed by atoms with Crippen molar-refractivity contribution in [3.8, 4) is 5.69 Å². The summed E-state index contributed by atoms with van der Waals surface area (Å²) in [5.41, 5.74) is 3.14. The smallest absolute Gasteiger partial charge is 0.160 e. The molecule has 3 rings (SSSR count). The first-order valence-electron chi connectivity index (χ1n) is 6.75. The van der Waals surface area contributed by atoms with Gasteiger partial charge in [-0.1, -0.05) is 0 Å². The van der Waals surface area contributed by atoms with Gasteiger partial charge in [-0.3, -0.25) is 4.98 Å². The van der Waals surface area contributed by atoms with E-state index in [0.29, 0.717) is 11.5 Å². The maximum atomic E-state index is 13.2. The summed E-state index contributed by atoms with van der Waals surface area (Å²) in [5.74, 6) is -1.22. The van der Waals surface area contributed by atoms with E-state index >= 15 is 0 Å². The number of pyridine rings is 1. The molecular weight excluding hydrogens is 286 g/mol. The molecule has 1 N–H and O–H groups in total. The second kappa shape index (κ2) is 5.55. The minimum Gasteiger partial charge on any atom is -0.339 e. The normalized spacial score (nSPS) is 10.7. The van der Waals surface area contributed by atoms with E-state index in [-0.39, 0.29) is 0 Å². The van der Waals surface area contributed by atoms with Crippen molar-refractivity contribution in [1.29, 1.82) is 0 Å². The van der Waals surface area contributed by atoms with E-state index in [9.17, 15) is 8.78 Å². The molecule has 0 bridgehead atoms. The van der Waals surface area contributed by atoms with Crippen LogP contribution in [0, 0.1) is 25.5 Å². The zero-order chi connectivity index (χ0) is 15.7. The van der Waals surface area contributed by atoms with Crippen LogP contribution < -0.4 is 5.32 Å². The number of halogens is 2. The Hall–Kier alpha value is -2.76. The Morgan fingerprint density at radius 1 is 1.00 bits per heavy atom. The molecule has 0 aliphatic carbocycles. The molecule has 0 unspecified atom stereocenters. The molecule has 0 atom stereocenters. The molecule has 1 aromatic carbocycles. The lowest BCUT2D eigenvalue weighted by atomic mass is 10.3. The van der Waals surface area contributed by atoms with E-state index in [4.69, 9.17) is 0 Å². The van der Waals surface area contributed by atoms with Gasteiger partial charge in [-0.15, -0.1) is 5.10 Å². The molecule has 0 aliphatic heterocycles. The standard InChI is InChI=1S/C16H14F2N4/c1-10-7-13(5-6-19-10)22-11(2)8-16(21-22)20-12-3-4-14(17)15(18)9-12/h3-9H,1-2H3,(H,20,21). The van der Waals surface area contributed by atoms with Gasteiger partial charge >= 0.3 is 0 Å². The number of aromatic nitrogens is 3. The van der Waals surface area contributed by atoms with Crippen molar-refractivity contribution in [3.05, 3.63) is 65.6 Å². The van der Waals surface area contributed by atoms with Crippen LogP contribution in [0.2, 0.25) is 0 Å². The first kappa shape index (κ1) is 14.2. The summed E-state index contributed by atoms with van der Waals surface area (Å²) < 4.78 is 27.9. The van der Waals surface area contributed by atoms with E-state index in [1.165, 1.54) is 6.07 Å². The van der Waals surface area contributed by atoms with Gasteiger partial charge in [0.05, 0.1) is 5.69 Å². The number of hydrogen-bond acceptors (Lipinski definition) is 3. The van der Waals surface area contributed by atoms with Crippen LogP contribution in [0.4, 0.5) is 20.3 Å². The zero-order valence-electron chi connectivity index (χ0n) is 12.1. The molecule has 0 fully saturated rings. The van der Waals surface area contributed by atoms with Crippen LogP contribution in [-0.4, -0.2) is 14.8 Å². The number of anilines is 2. The molecule has 0 radical (unpaired) electrons. The van der Waals surface area contributed by atoms with Gasteiger partial charge in [0.1, 0.15) is 0 Å². The molecule has 0 saturated heterocycles. The highest BCUT2D eigenvalue weighted by Crippen LogP contribution is 2.20. The third-order valence-corrected chi connectivity index (χ3v) is 3.20. The maximum Gasteiger partial charge on any atom is 0.160 e. The van der Waals surface area contributed by atoms with Crippen molar-refractivity contribution in [1.82, 2.24) is 14.8 Å². The monoisotopic (exact) mass is 300 g/mol. The minimum atomic E-state index is -0.897. The molecule has 3 aromatic rings. The molecular formula is C16H14F2N4. The van der Waals surface area contributed by atoms with Crippen LogP contribution in [0.1, 0.15) is 11.4 Å². The Morgan fingerprint density at radius 3 is 2.55 bits per heavy atom. The van der Waals surface area contributed by atoms with E-state index in [1.54, 1.807) is 10.9 Å². The third-order valence-electron chi connectivity index (χ3n) is 3.20. The Labute approximate surface area is 126 Å². The summed E-state index contributed by atoms with van der Waals surface area (Å²) in [5, 5.41) is 7.39. The third kappa shape index (κ3) is 2.81. The molecule has 0 amide bonds. The van der Waals surface area contributed by atoms with Crippen molar-refractivity contribution < 1.29 is 8.78 Å². The van der Waals surface area contributed by atoms with E-state index < -0.39 is 11.6 Å². The van der Waals surface area contributed by atoms with Crippen molar-refractivity contribution in [2.24, 2.45) is 0 Å². The average molecular weight is 300 g/mol. The Kier molecular flexibility index (Phi) is 3.58. The SMILES string of the molecule is Cc1cc(-n2nc(Nc3ccc(F)c(F)c3)cc2C)ccn1. The highest BCUT2D eigenvalue weighted by atomic mass is 19.2. The van der Waals surface area contributed by atoms with Gasteiger partial charge in [-0.05, 0) is 38.1 Å². The number of aryl methyl sites for hydroxylation is 2. The molecule has 0 saturated carbocycles. The number of nitrogens with one attached hydrogen (secondary N) is 1. The Balaban J connectivity index is 1.90. The van der Waals surface area contributed by atoms with E-state index in [0.717, 1.165) is 29.2 Å². The van der Waals surface area contributed by atoms with Crippen LogP contribution in [-0.2, 0) is 0 Å². The predicted octanol–water partition coefficient (Wildman–Crippen LogP) is 3.91. The summed E-state index contributed by atoms with van der Waals surface area (Å²) in [6.45, 7) is 3.82. The van der Waals surface area contributed by atoms with Gasteiger partial charge in [0.15, 0.2) is 17.5 Å². The van der Waals surface area contributed by atoms with Gasteiger partial charge in [0.2, 0.25) is 0 Å². The van der Waals surface area contributed by atoms with Crippen molar-refractivity contribution in [3.63, 3.8) is 0 Å². The van der Waals surface area contributed by atoms with E-state index in [1.807, 2.05) is 32.0 Å². The minimum absolute atomic E-state index is 0.439. The van der Waals surface area contributed by atoms with Crippen LogP contribution in [0.15, 0.2) is 42.6 Å². The quantitative estimate of drug-likeness (QED) is 0.797. The van der Waals surface area contributed by atoms with Gasteiger partial charge < -0.3 is 5.32 Å². The highest BCUT2D eigenvalue weighted by Gasteiger charge is 2.08. The Morgan fingerprint density at radius 2 is 1.82 bits per heavy atom. The fraction of sp³-hybridized carbons (Fsp3) is 0.125. The van der Waals surface area contributed by atoms with Gasteiger partial charge in [0, 0.05) is 35.4 Å². The van der Waals surface area contributed by atoms with Gasteiger partial charge in [-0.2, -0.15) is 0 Å². The van der Waals surface area contributed by atoms with E-state index in [2.05, 4.69) is 15.4 Å². The topological polar surface area (TPSA) is 42.7 Å². The summed E-state index contributed by atoms with van der Waals surface area (Å²) in [7, 11) is 0. The summed E-state index contributed by atoms with van der Waals surface area (Å²) in [4.78, 5) is 4.15. The largest absolute Gasteiger partial charge is 0.339 e. The van der Waals surface area contributed by atoms with Crippen molar-refractivity contribution >= 4 is 11.5 Å². The lowest BCUT2D eigenvalue weighted by molar-refractivity contribution is 0.509. The number of benzene rings is 1.